The van der Waals surface area contributed by atoms with E-state index < -0.39 is 23.7 Å². The van der Waals surface area contributed by atoms with Gasteiger partial charge in [-0.15, -0.1) is 0 Å². The van der Waals surface area contributed by atoms with Crippen molar-refractivity contribution in [2.24, 2.45) is 14.1 Å². The Hall–Kier alpha value is -3.50. The van der Waals surface area contributed by atoms with Gasteiger partial charge in [0.25, 0.3) is 5.56 Å². The Morgan fingerprint density at radius 3 is 2.76 bits per heavy atom. The number of carbonyl (C=O) groups excluding carboxylic acids is 1. The molecular formula is C14H15N7O4. The van der Waals surface area contributed by atoms with Crippen LogP contribution in [-0.4, -0.2) is 41.7 Å². The highest BCUT2D eigenvalue weighted by Crippen LogP contribution is 2.18. The first-order chi connectivity index (χ1) is 11.9. The van der Waals surface area contributed by atoms with E-state index in [4.69, 9.17) is 4.74 Å². The Balaban J connectivity index is 1.98. The number of amides is 1. The van der Waals surface area contributed by atoms with Gasteiger partial charge < -0.3 is 14.6 Å². The number of fused-ring (bicyclic) bond motifs is 1. The predicted molar refractivity (Wildman–Crippen MR) is 87.4 cm³/mol. The third-order valence-corrected chi connectivity index (χ3v) is 3.66. The molecule has 0 aliphatic heterocycles. The first-order valence-electron chi connectivity index (χ1n) is 7.18. The summed E-state index contributed by atoms with van der Waals surface area (Å²) in [5, 5.41) is 2.49. The van der Waals surface area contributed by atoms with Crippen molar-refractivity contribution in [3.8, 4) is 5.75 Å². The maximum absolute atomic E-state index is 12.6. The summed E-state index contributed by atoms with van der Waals surface area (Å²) in [6, 6.07) is 0. The van der Waals surface area contributed by atoms with Crippen LogP contribution in [0.1, 0.15) is 0 Å². The molecule has 130 valence electrons. The van der Waals surface area contributed by atoms with Gasteiger partial charge in [0.2, 0.25) is 5.91 Å². The zero-order valence-corrected chi connectivity index (χ0v) is 13.8. The van der Waals surface area contributed by atoms with E-state index in [0.717, 1.165) is 4.57 Å². The van der Waals surface area contributed by atoms with Gasteiger partial charge in [0.1, 0.15) is 12.9 Å². The van der Waals surface area contributed by atoms with Crippen molar-refractivity contribution in [1.82, 2.24) is 28.7 Å². The summed E-state index contributed by atoms with van der Waals surface area (Å²) in [7, 11) is 4.53. The fourth-order valence-corrected chi connectivity index (χ4v) is 2.41. The van der Waals surface area contributed by atoms with Crippen LogP contribution in [0.4, 0.5) is 5.82 Å². The highest BCUT2D eigenvalue weighted by Gasteiger charge is 2.17. The molecule has 0 atom stereocenters. The summed E-state index contributed by atoms with van der Waals surface area (Å²) < 4.78 is 8.60. The Labute approximate surface area is 140 Å². The molecule has 0 radical (unpaired) electrons. The summed E-state index contributed by atoms with van der Waals surface area (Å²) in [6.07, 6.45) is 4.06. The van der Waals surface area contributed by atoms with E-state index in [2.05, 4.69) is 20.3 Å². The zero-order valence-electron chi connectivity index (χ0n) is 13.8. The van der Waals surface area contributed by atoms with Crippen LogP contribution in [0.2, 0.25) is 0 Å². The number of aromatic nitrogens is 6. The average molecular weight is 345 g/mol. The van der Waals surface area contributed by atoms with E-state index in [0.29, 0.717) is 0 Å². The van der Waals surface area contributed by atoms with Gasteiger partial charge in [0.05, 0.1) is 19.6 Å². The lowest BCUT2D eigenvalue weighted by Gasteiger charge is -2.10. The molecule has 0 unspecified atom stereocenters. The Morgan fingerprint density at radius 2 is 2.04 bits per heavy atom. The van der Waals surface area contributed by atoms with Gasteiger partial charge in [-0.2, -0.15) is 0 Å². The van der Waals surface area contributed by atoms with Crippen molar-refractivity contribution in [2.45, 2.75) is 6.54 Å². The molecule has 11 heteroatoms. The fraction of sp³-hybridized carbons (Fsp3) is 0.286. The van der Waals surface area contributed by atoms with Crippen LogP contribution >= 0.6 is 0 Å². The number of hydrogen-bond donors (Lipinski definition) is 1. The van der Waals surface area contributed by atoms with Crippen LogP contribution < -0.4 is 21.3 Å². The third-order valence-electron chi connectivity index (χ3n) is 3.66. The molecule has 0 aromatic carbocycles. The van der Waals surface area contributed by atoms with Crippen LogP contribution in [-0.2, 0) is 25.4 Å². The number of rotatable bonds is 4. The number of aryl methyl sites for hydroxylation is 2. The van der Waals surface area contributed by atoms with Crippen molar-refractivity contribution in [1.29, 1.82) is 0 Å². The first-order valence-corrected chi connectivity index (χ1v) is 7.18. The molecule has 0 fully saturated rings. The van der Waals surface area contributed by atoms with Crippen LogP contribution in [0.25, 0.3) is 11.2 Å². The Morgan fingerprint density at radius 1 is 1.28 bits per heavy atom. The molecule has 0 bridgehead atoms. The van der Waals surface area contributed by atoms with Gasteiger partial charge in [-0.25, -0.2) is 24.3 Å². The minimum Gasteiger partial charge on any atom is -0.491 e. The minimum absolute atomic E-state index is 0.147. The second kappa shape index (κ2) is 6.19. The molecule has 3 aromatic heterocycles. The molecule has 3 heterocycles. The van der Waals surface area contributed by atoms with Crippen molar-refractivity contribution in [2.75, 3.05) is 12.4 Å². The highest BCUT2D eigenvalue weighted by atomic mass is 16.5. The van der Waals surface area contributed by atoms with Crippen molar-refractivity contribution < 1.29 is 9.53 Å². The van der Waals surface area contributed by atoms with Gasteiger partial charge in [-0.05, 0) is 0 Å². The summed E-state index contributed by atoms with van der Waals surface area (Å²) in [5.74, 6) is -0.190. The second-order valence-electron chi connectivity index (χ2n) is 5.25. The number of carbonyl (C=O) groups is 1. The maximum atomic E-state index is 12.6. The van der Waals surface area contributed by atoms with Crippen molar-refractivity contribution in [3.05, 3.63) is 39.7 Å². The van der Waals surface area contributed by atoms with Gasteiger partial charge in [0, 0.05) is 14.1 Å². The number of methoxy groups -OCH3 is 1. The van der Waals surface area contributed by atoms with Gasteiger partial charge >= 0.3 is 5.69 Å². The number of hydrogen-bond acceptors (Lipinski definition) is 7. The number of imidazole rings is 1. The Kier molecular flexibility index (Phi) is 4.05. The number of anilines is 1. The molecule has 3 rings (SSSR count). The van der Waals surface area contributed by atoms with Crippen LogP contribution in [0, 0.1) is 0 Å². The number of nitrogens with one attached hydrogen (secondary N) is 1. The third kappa shape index (κ3) is 2.75. The fourth-order valence-electron chi connectivity index (χ4n) is 2.41. The van der Waals surface area contributed by atoms with Crippen LogP contribution in [0.3, 0.4) is 0 Å². The predicted octanol–water partition coefficient (Wildman–Crippen LogP) is -1.13. The topological polar surface area (TPSA) is 126 Å². The first kappa shape index (κ1) is 16.4. The van der Waals surface area contributed by atoms with E-state index in [9.17, 15) is 14.4 Å². The summed E-state index contributed by atoms with van der Waals surface area (Å²) in [5.41, 5.74) is -0.745. The molecule has 0 aliphatic rings. The van der Waals surface area contributed by atoms with Crippen LogP contribution in [0.15, 0.2) is 28.4 Å². The molecule has 0 spiro atoms. The molecule has 1 N–H and O–H groups in total. The lowest BCUT2D eigenvalue weighted by atomic mass is 10.4. The largest absolute Gasteiger partial charge is 0.491 e. The molecule has 0 saturated heterocycles. The van der Waals surface area contributed by atoms with E-state index in [1.807, 2.05) is 0 Å². The summed E-state index contributed by atoms with van der Waals surface area (Å²) in [6.45, 7) is -0.472. The molecule has 0 saturated carbocycles. The lowest BCUT2D eigenvalue weighted by Crippen LogP contribution is -2.42. The summed E-state index contributed by atoms with van der Waals surface area (Å²) >= 11 is 0. The van der Waals surface area contributed by atoms with Gasteiger partial charge in [-0.1, -0.05) is 0 Å². The van der Waals surface area contributed by atoms with E-state index >= 15 is 0 Å². The molecule has 0 aliphatic carbocycles. The normalized spacial score (nSPS) is 10.8. The smallest absolute Gasteiger partial charge is 0.332 e. The molecule has 25 heavy (non-hydrogen) atoms. The monoisotopic (exact) mass is 345 g/mol. The molecule has 1 amide bonds. The summed E-state index contributed by atoms with van der Waals surface area (Å²) in [4.78, 5) is 48.9. The minimum atomic E-state index is -0.638. The standard InChI is InChI=1S/C14H15N7O4/c1-19-7-17-12-10(19)13(23)21(14(24)20(12)2)5-9(22)18-11-8(25-3)4-15-6-16-11/h4,6-7H,5H2,1-3H3,(H,15,16,18,22). The van der Waals surface area contributed by atoms with E-state index in [-0.39, 0.29) is 22.7 Å². The van der Waals surface area contributed by atoms with Crippen molar-refractivity contribution >= 4 is 22.9 Å². The van der Waals surface area contributed by atoms with E-state index in [1.165, 1.54) is 42.1 Å². The number of ether oxygens (including phenoxy) is 1. The SMILES string of the molecule is COc1cncnc1NC(=O)Cn1c(=O)c2c(ncn2C)n(C)c1=O. The number of nitrogens with zero attached hydrogens (tertiary/aromatic N) is 6. The second-order valence-corrected chi connectivity index (χ2v) is 5.25. The van der Waals surface area contributed by atoms with Gasteiger partial charge in [-0.3, -0.25) is 14.2 Å². The maximum Gasteiger partial charge on any atom is 0.332 e. The van der Waals surface area contributed by atoms with Crippen LogP contribution in [0.5, 0.6) is 5.75 Å². The highest BCUT2D eigenvalue weighted by molar-refractivity contribution is 5.91. The van der Waals surface area contributed by atoms with Gasteiger partial charge in [0.15, 0.2) is 22.7 Å². The Bertz CT molecular complexity index is 1080. The molecular weight excluding hydrogens is 330 g/mol. The van der Waals surface area contributed by atoms with Crippen molar-refractivity contribution in [3.63, 3.8) is 0 Å². The average Bonchev–Trinajstić information content (AvgIpc) is 2.99. The zero-order chi connectivity index (χ0) is 18.1. The lowest BCUT2D eigenvalue weighted by molar-refractivity contribution is -0.116. The van der Waals surface area contributed by atoms with E-state index in [1.54, 1.807) is 7.05 Å². The molecule has 11 nitrogen and oxygen atoms in total. The molecule has 3 aromatic rings. The quantitative estimate of drug-likeness (QED) is 0.634.